The van der Waals surface area contributed by atoms with Crippen LogP contribution in [0, 0.1) is 5.92 Å². The third kappa shape index (κ3) is 4.20. The third-order valence-corrected chi connectivity index (χ3v) is 5.11. The minimum absolute atomic E-state index is 0.0843. The lowest BCUT2D eigenvalue weighted by atomic mass is 9.93. The summed E-state index contributed by atoms with van der Waals surface area (Å²) < 4.78 is 0. The number of rotatable bonds is 5. The second-order valence-corrected chi connectivity index (χ2v) is 6.88. The Morgan fingerprint density at radius 3 is 2.96 bits per heavy atom. The topological polar surface area (TPSA) is 62.3 Å². The quantitative estimate of drug-likeness (QED) is 0.849. The summed E-state index contributed by atoms with van der Waals surface area (Å²) in [4.78, 5) is 31.6. The lowest BCUT2D eigenvalue weighted by Gasteiger charge is -2.31. The molecule has 24 heavy (non-hydrogen) atoms. The zero-order chi connectivity index (χ0) is 16.8. The van der Waals surface area contributed by atoms with Gasteiger partial charge in [0, 0.05) is 43.9 Å². The first-order chi connectivity index (χ1) is 11.7. The predicted molar refractivity (Wildman–Crippen MR) is 94.3 cm³/mol. The van der Waals surface area contributed by atoms with Gasteiger partial charge in [0.25, 0.3) is 0 Å². The van der Waals surface area contributed by atoms with Crippen molar-refractivity contribution in [1.29, 1.82) is 0 Å². The largest absolute Gasteiger partial charge is 0.338 e. The van der Waals surface area contributed by atoms with Crippen LogP contribution in [0.3, 0.4) is 0 Å². The van der Waals surface area contributed by atoms with Crippen LogP contribution in [0.1, 0.15) is 28.2 Å². The molecular formula is C18H21N3O2S. The fourth-order valence-electron chi connectivity index (χ4n) is 2.95. The summed E-state index contributed by atoms with van der Waals surface area (Å²) in [6.07, 6.45) is 4.18. The van der Waals surface area contributed by atoms with E-state index in [2.05, 4.69) is 10.3 Å². The number of pyridine rings is 1. The Hall–Kier alpha value is -2.21. The summed E-state index contributed by atoms with van der Waals surface area (Å²) in [5.41, 5.74) is 0.960. The van der Waals surface area contributed by atoms with E-state index >= 15 is 0 Å². The van der Waals surface area contributed by atoms with E-state index in [1.165, 1.54) is 11.3 Å². The van der Waals surface area contributed by atoms with E-state index in [1.807, 2.05) is 35.7 Å². The molecule has 0 spiro atoms. The molecule has 2 aromatic rings. The maximum atomic E-state index is 12.5. The van der Waals surface area contributed by atoms with Crippen molar-refractivity contribution in [3.63, 3.8) is 0 Å². The zero-order valence-electron chi connectivity index (χ0n) is 13.5. The average Bonchev–Trinajstić information content (AvgIpc) is 3.16. The molecule has 1 N–H and O–H groups in total. The number of hydrogen-bond acceptors (Lipinski definition) is 4. The first kappa shape index (κ1) is 16.6. The predicted octanol–water partition coefficient (Wildman–Crippen LogP) is 2.99. The second kappa shape index (κ2) is 8.06. The van der Waals surface area contributed by atoms with Crippen molar-refractivity contribution < 1.29 is 9.59 Å². The van der Waals surface area contributed by atoms with Crippen LogP contribution in [0.5, 0.6) is 0 Å². The van der Waals surface area contributed by atoms with Crippen LogP contribution < -0.4 is 5.32 Å². The van der Waals surface area contributed by atoms with Crippen LogP contribution in [0.4, 0.5) is 4.79 Å². The third-order valence-electron chi connectivity index (χ3n) is 4.23. The fourth-order valence-corrected chi connectivity index (χ4v) is 3.69. The number of nitrogens with zero attached hydrogens (tertiary/aromatic N) is 2. The van der Waals surface area contributed by atoms with E-state index in [4.69, 9.17) is 0 Å². The summed E-state index contributed by atoms with van der Waals surface area (Å²) in [7, 11) is 0. The van der Waals surface area contributed by atoms with Crippen LogP contribution in [0.15, 0.2) is 41.9 Å². The van der Waals surface area contributed by atoms with Crippen LogP contribution in [0.25, 0.3) is 0 Å². The van der Waals surface area contributed by atoms with Gasteiger partial charge in [0.1, 0.15) is 0 Å². The van der Waals surface area contributed by atoms with Crippen LogP contribution in [-0.2, 0) is 6.42 Å². The van der Waals surface area contributed by atoms with Gasteiger partial charge in [0.15, 0.2) is 5.78 Å². The van der Waals surface area contributed by atoms with Gasteiger partial charge in [-0.05, 0) is 36.4 Å². The highest BCUT2D eigenvalue weighted by molar-refractivity contribution is 7.12. The molecule has 1 aliphatic heterocycles. The van der Waals surface area contributed by atoms with E-state index in [1.54, 1.807) is 11.1 Å². The van der Waals surface area contributed by atoms with Gasteiger partial charge >= 0.3 is 6.03 Å². The Morgan fingerprint density at radius 1 is 1.29 bits per heavy atom. The number of amides is 2. The number of urea groups is 1. The van der Waals surface area contributed by atoms with Crippen LogP contribution in [-0.4, -0.2) is 41.3 Å². The lowest BCUT2D eigenvalue weighted by molar-refractivity contribution is 0.0850. The number of carbonyl (C=O) groups excluding carboxylic acids is 2. The SMILES string of the molecule is O=C(c1cccs1)[C@H]1CCCN(C(=O)NCCc2ccccn2)C1. The van der Waals surface area contributed by atoms with Crippen molar-refractivity contribution in [2.45, 2.75) is 19.3 Å². The molecule has 0 radical (unpaired) electrons. The molecule has 3 heterocycles. The van der Waals surface area contributed by atoms with E-state index in [0.29, 0.717) is 26.1 Å². The summed E-state index contributed by atoms with van der Waals surface area (Å²) in [6, 6.07) is 9.43. The van der Waals surface area contributed by atoms with Gasteiger partial charge in [0.2, 0.25) is 0 Å². The van der Waals surface area contributed by atoms with E-state index in [0.717, 1.165) is 23.4 Å². The smallest absolute Gasteiger partial charge is 0.317 e. The van der Waals surface area contributed by atoms with Gasteiger partial charge in [0.05, 0.1) is 4.88 Å². The molecule has 2 aromatic heterocycles. The number of nitrogens with one attached hydrogen (secondary N) is 1. The first-order valence-electron chi connectivity index (χ1n) is 8.24. The lowest BCUT2D eigenvalue weighted by Crippen LogP contribution is -2.47. The van der Waals surface area contributed by atoms with E-state index in [9.17, 15) is 9.59 Å². The molecule has 6 heteroatoms. The number of aromatic nitrogens is 1. The molecule has 1 aliphatic rings. The van der Waals surface area contributed by atoms with Crippen molar-refractivity contribution in [2.75, 3.05) is 19.6 Å². The summed E-state index contributed by atoms with van der Waals surface area (Å²) in [5, 5.41) is 4.85. The molecule has 1 fully saturated rings. The number of Topliss-reactive ketones (excluding diaryl/α,β-unsaturated/α-hetero) is 1. The number of carbonyl (C=O) groups is 2. The Bertz CT molecular complexity index is 673. The molecule has 126 valence electrons. The highest BCUT2D eigenvalue weighted by atomic mass is 32.1. The fraction of sp³-hybridized carbons (Fsp3) is 0.389. The zero-order valence-corrected chi connectivity index (χ0v) is 14.3. The van der Waals surface area contributed by atoms with Gasteiger partial charge in [-0.1, -0.05) is 12.1 Å². The van der Waals surface area contributed by atoms with Crippen molar-refractivity contribution in [3.05, 3.63) is 52.5 Å². The molecular weight excluding hydrogens is 322 g/mol. The molecule has 1 atom stereocenters. The molecule has 5 nitrogen and oxygen atoms in total. The van der Waals surface area contributed by atoms with Gasteiger partial charge in [-0.2, -0.15) is 0 Å². The van der Waals surface area contributed by atoms with E-state index < -0.39 is 0 Å². The van der Waals surface area contributed by atoms with Crippen molar-refractivity contribution in [2.24, 2.45) is 5.92 Å². The molecule has 0 saturated carbocycles. The molecule has 3 rings (SSSR count). The maximum Gasteiger partial charge on any atom is 0.317 e. The standard InChI is InChI=1S/C18H21N3O2S/c22-17(16-7-4-12-24-16)14-5-3-11-21(13-14)18(23)20-10-8-15-6-1-2-9-19-15/h1-2,4,6-7,9,12,14H,3,5,8,10-11,13H2,(H,20,23)/t14-/m0/s1. The molecule has 1 saturated heterocycles. The van der Waals surface area contributed by atoms with Crippen molar-refractivity contribution >= 4 is 23.2 Å². The van der Waals surface area contributed by atoms with Gasteiger partial charge < -0.3 is 10.2 Å². The number of ketones is 1. The first-order valence-corrected chi connectivity index (χ1v) is 9.12. The number of hydrogen-bond donors (Lipinski definition) is 1. The van der Waals surface area contributed by atoms with E-state index in [-0.39, 0.29) is 17.7 Å². The average molecular weight is 343 g/mol. The number of piperidine rings is 1. The summed E-state index contributed by atoms with van der Waals surface area (Å²) in [5.74, 6) is 0.0786. The highest BCUT2D eigenvalue weighted by Crippen LogP contribution is 2.23. The molecule has 0 aromatic carbocycles. The Labute approximate surface area is 145 Å². The van der Waals surface area contributed by atoms with Crippen LogP contribution in [0.2, 0.25) is 0 Å². The molecule has 0 bridgehead atoms. The van der Waals surface area contributed by atoms with Gasteiger partial charge in [-0.25, -0.2) is 4.79 Å². The Morgan fingerprint density at radius 2 is 2.21 bits per heavy atom. The van der Waals surface area contributed by atoms with Crippen LogP contribution >= 0.6 is 11.3 Å². The minimum Gasteiger partial charge on any atom is -0.338 e. The Kier molecular flexibility index (Phi) is 5.59. The Balaban J connectivity index is 1.49. The molecule has 0 unspecified atom stereocenters. The summed E-state index contributed by atoms with van der Waals surface area (Å²) >= 11 is 1.47. The van der Waals surface area contributed by atoms with Crippen molar-refractivity contribution in [1.82, 2.24) is 15.2 Å². The molecule has 0 aliphatic carbocycles. The van der Waals surface area contributed by atoms with Crippen molar-refractivity contribution in [3.8, 4) is 0 Å². The van der Waals surface area contributed by atoms with Gasteiger partial charge in [-0.15, -0.1) is 11.3 Å². The maximum absolute atomic E-state index is 12.5. The number of likely N-dealkylation sites (tertiary alicyclic amines) is 1. The highest BCUT2D eigenvalue weighted by Gasteiger charge is 2.29. The second-order valence-electron chi connectivity index (χ2n) is 5.93. The normalized spacial score (nSPS) is 17.5. The molecule has 2 amide bonds. The number of thiophene rings is 1. The minimum atomic E-state index is -0.0883. The van der Waals surface area contributed by atoms with Gasteiger partial charge in [-0.3, -0.25) is 9.78 Å². The monoisotopic (exact) mass is 343 g/mol. The summed E-state index contributed by atoms with van der Waals surface area (Å²) in [6.45, 7) is 1.77.